The third-order valence-corrected chi connectivity index (χ3v) is 6.77. The van der Waals surface area contributed by atoms with E-state index in [9.17, 15) is 8.42 Å². The Morgan fingerprint density at radius 2 is 1.83 bits per heavy atom. The molecule has 1 heterocycles. The standard InChI is InChI=1S/C22H27N3O2S2/c1-4-5-10-21-24-16(2)15-25(21)22(28-3)18-13-11-17(12-14-18)19-8-6-7-9-20(19)29(23,26)27/h6-9,11-15,22H,4-5,10H2,1-3H3,(H2,23,26,27). The van der Waals surface area contributed by atoms with Crippen LogP contribution in [0.15, 0.2) is 59.6 Å². The predicted octanol–water partition coefficient (Wildman–Crippen LogP) is 4.76. The first-order valence-corrected chi connectivity index (χ1v) is 12.5. The highest BCUT2D eigenvalue weighted by molar-refractivity contribution is 7.98. The maximum absolute atomic E-state index is 11.9. The summed E-state index contributed by atoms with van der Waals surface area (Å²) in [5.41, 5.74) is 3.61. The molecule has 0 saturated heterocycles. The third kappa shape index (κ3) is 4.91. The van der Waals surface area contributed by atoms with Crippen LogP contribution in [0.1, 0.15) is 42.2 Å². The molecule has 3 rings (SSSR count). The van der Waals surface area contributed by atoms with Crippen LogP contribution in [0.2, 0.25) is 0 Å². The normalized spacial score (nSPS) is 12.8. The summed E-state index contributed by atoms with van der Waals surface area (Å²) in [5, 5.41) is 5.50. The summed E-state index contributed by atoms with van der Waals surface area (Å²) in [6, 6.07) is 14.8. The van der Waals surface area contributed by atoms with E-state index in [1.54, 1.807) is 23.9 Å². The maximum Gasteiger partial charge on any atom is 0.238 e. The van der Waals surface area contributed by atoms with Gasteiger partial charge in [-0.1, -0.05) is 55.8 Å². The second kappa shape index (κ2) is 9.15. The number of nitrogens with two attached hydrogens (primary N) is 1. The highest BCUT2D eigenvalue weighted by Crippen LogP contribution is 2.33. The van der Waals surface area contributed by atoms with Gasteiger partial charge in [0.05, 0.1) is 10.6 Å². The van der Waals surface area contributed by atoms with Gasteiger partial charge in [0.1, 0.15) is 11.2 Å². The molecule has 1 atom stereocenters. The van der Waals surface area contributed by atoms with Gasteiger partial charge in [-0.05, 0) is 36.8 Å². The van der Waals surface area contributed by atoms with Crippen molar-refractivity contribution in [2.24, 2.45) is 5.14 Å². The van der Waals surface area contributed by atoms with Gasteiger partial charge in [0, 0.05) is 18.2 Å². The first-order chi connectivity index (χ1) is 13.8. The molecule has 0 saturated carbocycles. The van der Waals surface area contributed by atoms with E-state index in [-0.39, 0.29) is 10.3 Å². The highest BCUT2D eigenvalue weighted by Gasteiger charge is 2.18. The number of primary sulfonamides is 1. The summed E-state index contributed by atoms with van der Waals surface area (Å²) in [5.74, 6) is 1.10. The monoisotopic (exact) mass is 429 g/mol. The Morgan fingerprint density at radius 3 is 2.45 bits per heavy atom. The number of nitrogens with zero attached hydrogens (tertiary/aromatic N) is 2. The second-order valence-electron chi connectivity index (χ2n) is 7.06. The zero-order chi connectivity index (χ0) is 21.0. The first-order valence-electron chi connectivity index (χ1n) is 9.64. The molecule has 0 amide bonds. The summed E-state index contributed by atoms with van der Waals surface area (Å²) in [6.07, 6.45) is 7.40. The predicted molar refractivity (Wildman–Crippen MR) is 120 cm³/mol. The lowest BCUT2D eigenvalue weighted by Gasteiger charge is -2.20. The van der Waals surface area contributed by atoms with Crippen molar-refractivity contribution in [3.05, 3.63) is 71.8 Å². The Labute approximate surface area is 177 Å². The number of imidazole rings is 1. The average Bonchev–Trinajstić information content (AvgIpc) is 3.07. The molecule has 29 heavy (non-hydrogen) atoms. The fourth-order valence-electron chi connectivity index (χ4n) is 3.48. The van der Waals surface area contributed by atoms with Gasteiger partial charge in [-0.3, -0.25) is 0 Å². The minimum absolute atomic E-state index is 0.116. The molecule has 0 aliphatic heterocycles. The largest absolute Gasteiger partial charge is 0.318 e. The summed E-state index contributed by atoms with van der Waals surface area (Å²) in [7, 11) is -3.78. The lowest BCUT2D eigenvalue weighted by molar-refractivity contribution is 0.598. The molecule has 154 valence electrons. The molecule has 5 nitrogen and oxygen atoms in total. The summed E-state index contributed by atoms with van der Waals surface area (Å²) in [6.45, 7) is 4.21. The molecule has 0 aliphatic rings. The molecule has 1 unspecified atom stereocenters. The van der Waals surface area contributed by atoms with Gasteiger partial charge in [-0.25, -0.2) is 18.5 Å². The van der Waals surface area contributed by atoms with Crippen LogP contribution < -0.4 is 5.14 Å². The molecule has 1 aromatic heterocycles. The van der Waals surface area contributed by atoms with Crippen molar-refractivity contribution < 1.29 is 8.42 Å². The second-order valence-corrected chi connectivity index (χ2v) is 9.51. The minimum atomic E-state index is -3.78. The number of unbranched alkanes of at least 4 members (excludes halogenated alkanes) is 1. The lowest BCUT2D eigenvalue weighted by atomic mass is 10.0. The summed E-state index contributed by atoms with van der Waals surface area (Å²) >= 11 is 1.75. The van der Waals surface area contributed by atoms with E-state index in [2.05, 4.69) is 36.1 Å². The van der Waals surface area contributed by atoms with Crippen LogP contribution >= 0.6 is 11.8 Å². The van der Waals surface area contributed by atoms with Crippen LogP contribution in [0.3, 0.4) is 0 Å². The van der Waals surface area contributed by atoms with Gasteiger partial charge >= 0.3 is 0 Å². The fourth-order valence-corrected chi connectivity index (χ4v) is 5.08. The van der Waals surface area contributed by atoms with E-state index in [0.29, 0.717) is 5.56 Å². The van der Waals surface area contributed by atoms with E-state index in [1.165, 1.54) is 6.07 Å². The molecule has 0 spiro atoms. The third-order valence-electron chi connectivity index (χ3n) is 4.86. The zero-order valence-corrected chi connectivity index (χ0v) is 18.6. The molecular weight excluding hydrogens is 402 g/mol. The number of hydrogen-bond acceptors (Lipinski definition) is 4. The van der Waals surface area contributed by atoms with Gasteiger partial charge in [-0.2, -0.15) is 0 Å². The van der Waals surface area contributed by atoms with Crippen molar-refractivity contribution in [3.8, 4) is 11.1 Å². The molecule has 3 aromatic rings. The fraction of sp³-hybridized carbons (Fsp3) is 0.318. The Morgan fingerprint density at radius 1 is 1.14 bits per heavy atom. The lowest BCUT2D eigenvalue weighted by Crippen LogP contribution is -2.13. The smallest absolute Gasteiger partial charge is 0.238 e. The van der Waals surface area contributed by atoms with Gasteiger partial charge in [0.15, 0.2) is 0 Å². The van der Waals surface area contributed by atoms with E-state index >= 15 is 0 Å². The van der Waals surface area contributed by atoms with Crippen molar-refractivity contribution in [1.29, 1.82) is 0 Å². The zero-order valence-electron chi connectivity index (χ0n) is 17.0. The van der Waals surface area contributed by atoms with Gasteiger partial charge in [0.25, 0.3) is 0 Å². The molecule has 7 heteroatoms. The van der Waals surface area contributed by atoms with Crippen LogP contribution in [-0.4, -0.2) is 24.2 Å². The minimum Gasteiger partial charge on any atom is -0.318 e. The van der Waals surface area contributed by atoms with Crippen molar-refractivity contribution in [1.82, 2.24) is 9.55 Å². The highest BCUT2D eigenvalue weighted by atomic mass is 32.2. The van der Waals surface area contributed by atoms with Crippen LogP contribution in [-0.2, 0) is 16.4 Å². The quantitative estimate of drug-likeness (QED) is 0.560. The van der Waals surface area contributed by atoms with E-state index < -0.39 is 10.0 Å². The summed E-state index contributed by atoms with van der Waals surface area (Å²) < 4.78 is 26.1. The molecule has 0 fully saturated rings. The molecule has 0 aliphatic carbocycles. The Hall–Kier alpha value is -2.09. The first kappa shape index (κ1) is 21.6. The number of aryl methyl sites for hydroxylation is 2. The van der Waals surface area contributed by atoms with Gasteiger partial charge in [0.2, 0.25) is 10.0 Å². The van der Waals surface area contributed by atoms with Crippen LogP contribution in [0.4, 0.5) is 0 Å². The number of aromatic nitrogens is 2. The number of thioether (sulfide) groups is 1. The van der Waals surface area contributed by atoms with Gasteiger partial charge < -0.3 is 4.57 Å². The SMILES string of the molecule is CCCCc1nc(C)cn1C(SC)c1ccc(-c2ccccc2S(N)(=O)=O)cc1. The average molecular weight is 430 g/mol. The number of benzene rings is 2. The number of rotatable bonds is 8. The molecule has 2 N–H and O–H groups in total. The summed E-state index contributed by atoms with van der Waals surface area (Å²) in [4.78, 5) is 4.86. The topological polar surface area (TPSA) is 78.0 Å². The Balaban J connectivity index is 1.96. The van der Waals surface area contributed by atoms with E-state index in [1.807, 2.05) is 25.1 Å². The van der Waals surface area contributed by atoms with Crippen molar-refractivity contribution in [3.63, 3.8) is 0 Å². The molecule has 2 aromatic carbocycles. The van der Waals surface area contributed by atoms with Crippen LogP contribution in [0, 0.1) is 6.92 Å². The van der Waals surface area contributed by atoms with Crippen molar-refractivity contribution >= 4 is 21.8 Å². The van der Waals surface area contributed by atoms with E-state index in [4.69, 9.17) is 10.1 Å². The van der Waals surface area contributed by atoms with Gasteiger partial charge in [-0.15, -0.1) is 11.8 Å². The Bertz CT molecular complexity index is 1070. The molecule has 0 radical (unpaired) electrons. The van der Waals surface area contributed by atoms with Crippen molar-refractivity contribution in [2.45, 2.75) is 43.4 Å². The van der Waals surface area contributed by atoms with Crippen LogP contribution in [0.25, 0.3) is 11.1 Å². The molecular formula is C22H27N3O2S2. The van der Waals surface area contributed by atoms with Crippen molar-refractivity contribution in [2.75, 3.05) is 6.26 Å². The number of sulfonamides is 1. The number of hydrogen-bond donors (Lipinski definition) is 1. The van der Waals surface area contributed by atoms with Crippen LogP contribution in [0.5, 0.6) is 0 Å². The molecule has 0 bridgehead atoms. The maximum atomic E-state index is 11.9. The Kier molecular flexibility index (Phi) is 6.82. The van der Waals surface area contributed by atoms with E-state index in [0.717, 1.165) is 41.9 Å².